The Kier molecular flexibility index (Phi) is 10.9. The van der Waals surface area contributed by atoms with Crippen LogP contribution < -0.4 is 5.32 Å². The lowest BCUT2D eigenvalue weighted by Gasteiger charge is -2.27. The number of nitrogens with zero attached hydrogens (tertiary/aromatic N) is 4. The van der Waals surface area contributed by atoms with Crippen LogP contribution in [-0.4, -0.2) is 58.9 Å². The molecule has 1 aliphatic rings. The number of amides is 1. The van der Waals surface area contributed by atoms with Crippen LogP contribution in [0.3, 0.4) is 0 Å². The summed E-state index contributed by atoms with van der Waals surface area (Å²) in [6, 6.07) is 18.2. The van der Waals surface area contributed by atoms with E-state index < -0.39 is 15.9 Å². The molecule has 5 rings (SSSR count). The van der Waals surface area contributed by atoms with Crippen LogP contribution in [0.5, 0.6) is 0 Å². The number of sulfonamides is 1. The Bertz CT molecular complexity index is 1770. The number of aromatic nitrogens is 2. The zero-order valence-corrected chi connectivity index (χ0v) is 28.7. The van der Waals surface area contributed by atoms with Gasteiger partial charge in [0.1, 0.15) is 5.00 Å². The molecule has 2 aromatic heterocycles. The molecule has 4 aromatic rings. The van der Waals surface area contributed by atoms with E-state index in [2.05, 4.69) is 27.4 Å². The van der Waals surface area contributed by atoms with Gasteiger partial charge in [0, 0.05) is 48.9 Å². The van der Waals surface area contributed by atoms with Crippen molar-refractivity contribution in [2.45, 2.75) is 77.8 Å². The number of anilines is 1. The fourth-order valence-corrected chi connectivity index (χ4v) is 8.61. The first-order valence-electron chi connectivity index (χ1n) is 16.0. The van der Waals surface area contributed by atoms with E-state index in [0.29, 0.717) is 42.2 Å². The molecule has 0 bridgehead atoms. The minimum absolute atomic E-state index is 0.168. The number of unbranched alkanes of at least 4 members (excludes halogenated alkanes) is 2. The average molecular weight is 662 g/mol. The molecule has 0 atom stereocenters. The quantitative estimate of drug-likeness (QED) is 0.172. The number of carbonyl (C=O) groups excluding carboxylic acids is 2. The number of carbonyl (C=O) groups is 2. The van der Waals surface area contributed by atoms with Gasteiger partial charge in [0.05, 0.1) is 16.2 Å². The Balaban J connectivity index is 1.41. The fourth-order valence-electron chi connectivity index (χ4n) is 5.81. The van der Waals surface area contributed by atoms with Crippen molar-refractivity contribution in [3.05, 3.63) is 99.2 Å². The summed E-state index contributed by atoms with van der Waals surface area (Å²) < 4.78 is 29.8. The largest absolute Gasteiger partial charge is 0.313 e. The smallest absolute Gasteiger partial charge is 0.281 e. The van der Waals surface area contributed by atoms with Crippen molar-refractivity contribution in [3.8, 4) is 0 Å². The highest BCUT2D eigenvalue weighted by Crippen LogP contribution is 2.38. The maximum absolute atomic E-state index is 14.0. The SMILES string of the molecule is CCCCN(CCCC)S(=O)(=O)c1ccc(C(=O)Nc2sc3c(c2C(=O)n2nc(C)cc2C)CCN(Cc2ccccc2)C3)cc1. The molecule has 3 heterocycles. The van der Waals surface area contributed by atoms with Crippen molar-refractivity contribution < 1.29 is 18.0 Å². The molecule has 0 spiro atoms. The lowest BCUT2D eigenvalue weighted by molar-refractivity contribution is 0.0942. The minimum Gasteiger partial charge on any atom is -0.313 e. The molecule has 244 valence electrons. The first-order valence-corrected chi connectivity index (χ1v) is 18.3. The van der Waals surface area contributed by atoms with E-state index in [-0.39, 0.29) is 10.8 Å². The zero-order chi connectivity index (χ0) is 32.8. The summed E-state index contributed by atoms with van der Waals surface area (Å²) in [5.74, 6) is -0.671. The summed E-state index contributed by atoms with van der Waals surface area (Å²) in [4.78, 5) is 31.1. The third-order valence-electron chi connectivity index (χ3n) is 8.30. The molecule has 0 unspecified atom stereocenters. The summed E-state index contributed by atoms with van der Waals surface area (Å²) in [7, 11) is -3.68. The molecule has 0 saturated carbocycles. The van der Waals surface area contributed by atoms with Crippen molar-refractivity contribution in [1.82, 2.24) is 19.0 Å². The third kappa shape index (κ3) is 7.49. The molecule has 2 aromatic carbocycles. The van der Waals surface area contributed by atoms with Crippen molar-refractivity contribution in [2.24, 2.45) is 0 Å². The standard InChI is InChI=1S/C35H43N5O4S2/c1-5-7-19-39(20-8-6-2)46(43,44)29-16-14-28(15-17-29)33(41)36-34-32(35(42)40-26(4)22-25(3)37-40)30-18-21-38(24-31(30)45-34)23-27-12-10-9-11-13-27/h9-17,22H,5-8,18-21,23-24H2,1-4H3,(H,36,41). The topological polar surface area (TPSA) is 105 Å². The first-order chi connectivity index (χ1) is 22.1. The van der Waals surface area contributed by atoms with Gasteiger partial charge in [-0.05, 0) is 74.6 Å². The van der Waals surface area contributed by atoms with Crippen LogP contribution in [-0.2, 0) is 29.5 Å². The Morgan fingerprint density at radius 3 is 2.26 bits per heavy atom. The third-order valence-corrected chi connectivity index (χ3v) is 11.3. The Morgan fingerprint density at radius 1 is 0.978 bits per heavy atom. The van der Waals surface area contributed by atoms with E-state index in [0.717, 1.165) is 60.6 Å². The number of thiophene rings is 1. The van der Waals surface area contributed by atoms with Crippen LogP contribution in [0.15, 0.2) is 65.6 Å². The molecular weight excluding hydrogens is 619 g/mol. The maximum atomic E-state index is 14.0. The Morgan fingerprint density at radius 2 is 1.65 bits per heavy atom. The normalized spacial score (nSPS) is 13.6. The van der Waals surface area contributed by atoms with Crippen LogP contribution in [0.4, 0.5) is 5.00 Å². The molecule has 46 heavy (non-hydrogen) atoms. The van der Waals surface area contributed by atoms with Gasteiger partial charge in [0.15, 0.2) is 0 Å². The molecular formula is C35H43N5O4S2. The van der Waals surface area contributed by atoms with Gasteiger partial charge in [-0.1, -0.05) is 57.0 Å². The van der Waals surface area contributed by atoms with Gasteiger partial charge in [0.25, 0.3) is 11.8 Å². The van der Waals surface area contributed by atoms with Crippen molar-refractivity contribution in [2.75, 3.05) is 25.0 Å². The number of hydrogen-bond donors (Lipinski definition) is 1. The first kappa shape index (κ1) is 33.7. The second-order valence-electron chi connectivity index (χ2n) is 11.9. The summed E-state index contributed by atoms with van der Waals surface area (Å²) >= 11 is 1.42. The van der Waals surface area contributed by atoms with Crippen LogP contribution in [0.25, 0.3) is 0 Å². The van der Waals surface area contributed by atoms with Crippen molar-refractivity contribution in [3.63, 3.8) is 0 Å². The van der Waals surface area contributed by atoms with E-state index in [1.165, 1.54) is 45.8 Å². The molecule has 1 amide bonds. The Hall–Kier alpha value is -3.64. The number of hydrogen-bond acceptors (Lipinski definition) is 7. The number of rotatable bonds is 13. The predicted molar refractivity (Wildman–Crippen MR) is 183 cm³/mol. The predicted octanol–water partition coefficient (Wildman–Crippen LogP) is 6.65. The van der Waals surface area contributed by atoms with E-state index in [4.69, 9.17) is 0 Å². The summed E-state index contributed by atoms with van der Waals surface area (Å²) in [6.07, 6.45) is 4.05. The van der Waals surface area contributed by atoms with E-state index >= 15 is 0 Å². The molecule has 11 heteroatoms. The minimum atomic E-state index is -3.68. The van der Waals surface area contributed by atoms with E-state index in [9.17, 15) is 18.0 Å². The average Bonchev–Trinajstić information content (AvgIpc) is 3.58. The molecule has 0 saturated heterocycles. The van der Waals surface area contributed by atoms with Crippen LogP contribution in [0.1, 0.15) is 87.6 Å². The molecule has 0 aliphatic carbocycles. The molecule has 1 N–H and O–H groups in total. The molecule has 0 fully saturated rings. The number of aryl methyl sites for hydroxylation is 2. The lowest BCUT2D eigenvalue weighted by Crippen LogP contribution is -2.33. The zero-order valence-electron chi connectivity index (χ0n) is 27.1. The van der Waals surface area contributed by atoms with Crippen LogP contribution >= 0.6 is 11.3 Å². The molecule has 0 radical (unpaired) electrons. The summed E-state index contributed by atoms with van der Waals surface area (Å²) in [6.45, 7) is 11.0. The van der Waals surface area contributed by atoms with E-state index in [1.807, 2.05) is 52.0 Å². The lowest BCUT2D eigenvalue weighted by atomic mass is 10.0. The van der Waals surface area contributed by atoms with Crippen molar-refractivity contribution >= 4 is 38.2 Å². The second-order valence-corrected chi connectivity index (χ2v) is 14.9. The van der Waals surface area contributed by atoms with Gasteiger partial charge in [0.2, 0.25) is 10.0 Å². The van der Waals surface area contributed by atoms with Gasteiger partial charge in [-0.2, -0.15) is 9.40 Å². The Labute approximate surface area is 276 Å². The number of fused-ring (bicyclic) bond motifs is 1. The molecule has 1 aliphatic heterocycles. The number of benzene rings is 2. The van der Waals surface area contributed by atoms with Crippen LogP contribution in [0, 0.1) is 13.8 Å². The maximum Gasteiger partial charge on any atom is 0.281 e. The highest BCUT2D eigenvalue weighted by molar-refractivity contribution is 7.89. The fraction of sp³-hybridized carbons (Fsp3) is 0.400. The van der Waals surface area contributed by atoms with Gasteiger partial charge >= 0.3 is 0 Å². The van der Waals surface area contributed by atoms with Gasteiger partial charge < -0.3 is 5.32 Å². The van der Waals surface area contributed by atoms with E-state index in [1.54, 1.807) is 4.31 Å². The highest BCUT2D eigenvalue weighted by Gasteiger charge is 2.31. The summed E-state index contributed by atoms with van der Waals surface area (Å²) in [5.41, 5.74) is 4.43. The summed E-state index contributed by atoms with van der Waals surface area (Å²) in [5, 5.41) is 7.92. The highest BCUT2D eigenvalue weighted by atomic mass is 32.2. The van der Waals surface area contributed by atoms with Gasteiger partial charge in [-0.3, -0.25) is 14.5 Å². The van der Waals surface area contributed by atoms with Crippen molar-refractivity contribution in [1.29, 1.82) is 0 Å². The van der Waals surface area contributed by atoms with Crippen LogP contribution in [0.2, 0.25) is 0 Å². The second kappa shape index (κ2) is 14.8. The van der Waals surface area contributed by atoms with Gasteiger partial charge in [-0.25, -0.2) is 13.1 Å². The molecule has 9 nitrogen and oxygen atoms in total. The monoisotopic (exact) mass is 661 g/mol. The van der Waals surface area contributed by atoms with Gasteiger partial charge in [-0.15, -0.1) is 11.3 Å². The number of nitrogens with one attached hydrogen (secondary N) is 1.